The highest BCUT2D eigenvalue weighted by Crippen LogP contribution is 2.63. The molecule has 73 heavy (non-hydrogen) atoms. The molecule has 8 saturated carbocycles. The Morgan fingerprint density at radius 2 is 0.904 bits per heavy atom. The highest BCUT2D eigenvalue weighted by atomic mass is 15.1. The monoisotopic (exact) mass is 947 g/mol. The minimum absolute atomic E-state index is 0.339. The van der Waals surface area contributed by atoms with Crippen molar-refractivity contribution in [3.8, 4) is 39.1 Å². The Kier molecular flexibility index (Phi) is 9.20. The highest BCUT2D eigenvalue weighted by molar-refractivity contribution is 6.18. The first kappa shape index (κ1) is 42.8. The summed E-state index contributed by atoms with van der Waals surface area (Å²) in [4.78, 5) is 2.63. The first-order valence-corrected chi connectivity index (χ1v) is 28.2. The van der Waals surface area contributed by atoms with Crippen molar-refractivity contribution in [3.63, 3.8) is 0 Å². The number of anilines is 3. The maximum atomic E-state index is 2.63. The van der Waals surface area contributed by atoms with Gasteiger partial charge in [-0.2, -0.15) is 0 Å². The van der Waals surface area contributed by atoms with E-state index in [4.69, 9.17) is 0 Å². The van der Waals surface area contributed by atoms with Gasteiger partial charge in [0.1, 0.15) is 0 Å². The van der Waals surface area contributed by atoms with Crippen LogP contribution in [0.1, 0.15) is 113 Å². The number of rotatable bonds is 8. The lowest BCUT2D eigenvalue weighted by Crippen LogP contribution is -2.48. The summed E-state index contributed by atoms with van der Waals surface area (Å²) in [6, 6.07) is 70.6. The van der Waals surface area contributed by atoms with Gasteiger partial charge in [-0.1, -0.05) is 141 Å². The van der Waals surface area contributed by atoms with Gasteiger partial charge >= 0.3 is 0 Å². The average Bonchev–Trinajstić information content (AvgIpc) is 3.93. The van der Waals surface area contributed by atoms with Crippen LogP contribution < -0.4 is 4.90 Å². The fourth-order valence-electron chi connectivity index (χ4n) is 18.5. The molecule has 0 atom stereocenters. The highest BCUT2D eigenvalue weighted by Gasteiger charge is 2.53. The minimum Gasteiger partial charge on any atom is -0.310 e. The quantitative estimate of drug-likeness (QED) is 0.147. The van der Waals surface area contributed by atoms with E-state index in [9.17, 15) is 0 Å². The second-order valence-corrected chi connectivity index (χ2v) is 25.4. The molecule has 8 aromatic carbocycles. The third-order valence-electron chi connectivity index (χ3n) is 20.6. The molecule has 0 unspecified atom stereocenters. The van der Waals surface area contributed by atoms with E-state index in [1.165, 1.54) is 166 Å². The zero-order valence-corrected chi connectivity index (χ0v) is 42.7. The molecule has 0 amide bonds. The van der Waals surface area contributed by atoms with Gasteiger partial charge in [-0.05, 0) is 234 Å². The second-order valence-electron chi connectivity index (χ2n) is 25.4. The third-order valence-corrected chi connectivity index (χ3v) is 20.6. The summed E-state index contributed by atoms with van der Waals surface area (Å²) in [6.07, 6.45) is 17.2. The van der Waals surface area contributed by atoms with E-state index in [1.54, 1.807) is 11.1 Å². The second kappa shape index (κ2) is 15.7. The van der Waals surface area contributed by atoms with Crippen molar-refractivity contribution < 1.29 is 0 Å². The molecular weight excluding hydrogens is 881 g/mol. The Labute approximate surface area is 432 Å². The summed E-state index contributed by atoms with van der Waals surface area (Å²) in [5.74, 6) is 5.53. The standard InChI is InChI=1S/C71H66N2/c1-69(2)63-38-58(72(56-25-21-53(22-26-56)70-39-45-31-46(40-70)33-47(32-45)41-70)57-27-23-54(24-28-57)71-42-48-34-49(43-71)36-50(35-48)44-71)37-62(52-15-8-4-9-16-52)65(63)60-29-30-61-66-59(51-13-6-3-7-14-51)19-12-20-64(66)73(68(61)67(60)69)55-17-10-5-11-18-55/h3-30,37-38,45-50H,31-36,39-44H2,1-2H3. The van der Waals surface area contributed by atoms with Crippen LogP contribution in [0.2, 0.25) is 0 Å². The van der Waals surface area contributed by atoms with Gasteiger partial charge < -0.3 is 9.47 Å². The van der Waals surface area contributed by atoms with E-state index in [0.717, 1.165) is 35.5 Å². The van der Waals surface area contributed by atoms with E-state index in [2.05, 4.69) is 205 Å². The van der Waals surface area contributed by atoms with Gasteiger partial charge in [-0.25, -0.2) is 0 Å². The van der Waals surface area contributed by atoms with Crippen molar-refractivity contribution in [2.45, 2.75) is 107 Å². The van der Waals surface area contributed by atoms with Gasteiger partial charge in [0.25, 0.3) is 0 Å². The average molecular weight is 947 g/mol. The van der Waals surface area contributed by atoms with Gasteiger partial charge in [0.15, 0.2) is 0 Å². The topological polar surface area (TPSA) is 8.17 Å². The molecule has 0 aliphatic heterocycles. The van der Waals surface area contributed by atoms with Crippen molar-refractivity contribution in [1.82, 2.24) is 4.57 Å². The van der Waals surface area contributed by atoms with E-state index >= 15 is 0 Å². The summed E-state index contributed by atoms with van der Waals surface area (Å²) in [7, 11) is 0. The number of benzene rings is 8. The maximum Gasteiger partial charge on any atom is 0.0588 e. The van der Waals surface area contributed by atoms with Gasteiger partial charge in [-0.3, -0.25) is 0 Å². The van der Waals surface area contributed by atoms with Crippen molar-refractivity contribution in [1.29, 1.82) is 0 Å². The summed E-state index contributed by atoms with van der Waals surface area (Å²) >= 11 is 0. The number of para-hydroxylation sites is 1. The zero-order valence-electron chi connectivity index (χ0n) is 42.7. The number of nitrogens with zero attached hydrogens (tertiary/aromatic N) is 2. The zero-order chi connectivity index (χ0) is 48.2. The van der Waals surface area contributed by atoms with Crippen LogP contribution in [0, 0.1) is 35.5 Å². The summed E-state index contributed by atoms with van der Waals surface area (Å²) in [5.41, 5.74) is 21.6. The number of aromatic nitrogens is 1. The largest absolute Gasteiger partial charge is 0.310 e. The van der Waals surface area contributed by atoms with E-state index in [1.807, 2.05) is 0 Å². The summed E-state index contributed by atoms with van der Waals surface area (Å²) in [6.45, 7) is 5.01. The third kappa shape index (κ3) is 6.41. The van der Waals surface area contributed by atoms with Crippen LogP contribution in [-0.2, 0) is 16.2 Å². The minimum atomic E-state index is -0.339. The van der Waals surface area contributed by atoms with Crippen LogP contribution in [0.5, 0.6) is 0 Å². The van der Waals surface area contributed by atoms with Crippen molar-refractivity contribution in [2.75, 3.05) is 4.90 Å². The Morgan fingerprint density at radius 3 is 1.41 bits per heavy atom. The fraction of sp³-hybridized carbons (Fsp3) is 0.324. The molecule has 8 fully saturated rings. The predicted octanol–water partition coefficient (Wildman–Crippen LogP) is 18.8. The molecule has 360 valence electrons. The lowest BCUT2D eigenvalue weighted by molar-refractivity contribution is -0.00529. The molecule has 1 heterocycles. The Morgan fingerprint density at radius 1 is 0.425 bits per heavy atom. The van der Waals surface area contributed by atoms with Gasteiger partial charge in [0.2, 0.25) is 0 Å². The molecule has 1 aromatic heterocycles. The van der Waals surface area contributed by atoms with Gasteiger partial charge in [-0.15, -0.1) is 0 Å². The van der Waals surface area contributed by atoms with Gasteiger partial charge in [0.05, 0.1) is 11.0 Å². The Bertz CT molecular complexity index is 3480. The van der Waals surface area contributed by atoms with Crippen LogP contribution in [0.3, 0.4) is 0 Å². The molecule has 8 bridgehead atoms. The van der Waals surface area contributed by atoms with Crippen LogP contribution in [0.4, 0.5) is 17.1 Å². The fourth-order valence-corrected chi connectivity index (χ4v) is 18.5. The van der Waals surface area contributed by atoms with Crippen LogP contribution in [0.25, 0.3) is 60.9 Å². The molecule has 18 rings (SSSR count). The first-order chi connectivity index (χ1) is 35.8. The van der Waals surface area contributed by atoms with Crippen LogP contribution in [-0.4, -0.2) is 4.57 Å². The predicted molar refractivity (Wildman–Crippen MR) is 304 cm³/mol. The smallest absolute Gasteiger partial charge is 0.0588 e. The molecule has 9 aromatic rings. The molecule has 9 aliphatic rings. The lowest BCUT2D eigenvalue weighted by Gasteiger charge is -2.57. The van der Waals surface area contributed by atoms with E-state index < -0.39 is 0 Å². The molecular formula is C71H66N2. The van der Waals surface area contributed by atoms with Gasteiger partial charge in [0, 0.05) is 38.9 Å². The molecule has 0 radical (unpaired) electrons. The SMILES string of the molecule is CC1(C)c2cc(N(c3ccc(C45CC6CC(CC(C6)C4)C5)cc3)c3ccc(C45CC6CC(CC(C6)C4)C5)cc3)cc(-c3ccccc3)c2-c2ccc3c4c(-c5ccccc5)cccc4n(-c4ccccc4)c3c21. The molecule has 9 aliphatic carbocycles. The molecule has 0 spiro atoms. The molecule has 0 saturated heterocycles. The van der Waals surface area contributed by atoms with Crippen molar-refractivity contribution >= 4 is 38.9 Å². The lowest BCUT2D eigenvalue weighted by atomic mass is 9.48. The number of fused-ring (bicyclic) bond motifs is 7. The summed E-state index contributed by atoms with van der Waals surface area (Å²) < 4.78 is 2.58. The Balaban J connectivity index is 0.901. The van der Waals surface area contributed by atoms with Crippen LogP contribution >= 0.6 is 0 Å². The first-order valence-electron chi connectivity index (χ1n) is 28.2. The van der Waals surface area contributed by atoms with E-state index in [0.29, 0.717) is 10.8 Å². The van der Waals surface area contributed by atoms with Crippen LogP contribution in [0.15, 0.2) is 182 Å². The normalized spacial score (nSPS) is 27.7. The van der Waals surface area contributed by atoms with Crippen molar-refractivity contribution in [3.05, 3.63) is 204 Å². The molecule has 2 nitrogen and oxygen atoms in total. The Hall–Kier alpha value is -6.64. The number of hydrogen-bond acceptors (Lipinski definition) is 1. The number of hydrogen-bond donors (Lipinski definition) is 0. The molecule has 2 heteroatoms. The summed E-state index contributed by atoms with van der Waals surface area (Å²) in [5, 5.41) is 2.62. The molecule has 0 N–H and O–H groups in total. The van der Waals surface area contributed by atoms with E-state index in [-0.39, 0.29) is 5.41 Å². The maximum absolute atomic E-state index is 2.63. The van der Waals surface area contributed by atoms with Crippen molar-refractivity contribution in [2.24, 2.45) is 35.5 Å².